The van der Waals surface area contributed by atoms with E-state index in [2.05, 4.69) is 10.1 Å². The molecule has 4 nitrogen and oxygen atoms in total. The van der Waals surface area contributed by atoms with Gasteiger partial charge in [0.05, 0.1) is 6.20 Å². The number of aryl methyl sites for hydroxylation is 1. The van der Waals surface area contributed by atoms with Gasteiger partial charge in [0.1, 0.15) is 5.52 Å². The van der Waals surface area contributed by atoms with Crippen LogP contribution in [-0.4, -0.2) is 14.8 Å². The Bertz CT molecular complexity index is 727. The Balaban J connectivity index is 1.93. The van der Waals surface area contributed by atoms with Crippen molar-refractivity contribution in [3.63, 3.8) is 0 Å². The Morgan fingerprint density at radius 3 is 3.00 bits per heavy atom. The highest BCUT2D eigenvalue weighted by molar-refractivity contribution is 6.31. The summed E-state index contributed by atoms with van der Waals surface area (Å²) in [5, 5.41) is 4.73. The van der Waals surface area contributed by atoms with E-state index in [1.165, 1.54) is 0 Å². The number of benzene rings is 1. The second-order valence-corrected chi connectivity index (χ2v) is 4.38. The highest BCUT2D eigenvalue weighted by atomic mass is 35.5. The van der Waals surface area contributed by atoms with Crippen LogP contribution in [0.5, 0.6) is 0 Å². The molecule has 1 aromatic carbocycles. The van der Waals surface area contributed by atoms with E-state index in [0.29, 0.717) is 10.9 Å². The smallest absolute Gasteiger partial charge is 0.220 e. The zero-order valence-electron chi connectivity index (χ0n) is 9.67. The lowest BCUT2D eigenvalue weighted by atomic mass is 10.3. The van der Waals surface area contributed by atoms with Gasteiger partial charge >= 0.3 is 0 Å². The molecule has 0 aliphatic carbocycles. The molecule has 2 aromatic heterocycles. The number of nitrogens with zero attached hydrogens (tertiary/aromatic N) is 3. The van der Waals surface area contributed by atoms with E-state index in [4.69, 9.17) is 16.0 Å². The molecule has 18 heavy (non-hydrogen) atoms. The number of halogens is 1. The summed E-state index contributed by atoms with van der Waals surface area (Å²) in [4.78, 5) is 4.33. The van der Waals surface area contributed by atoms with E-state index in [-0.39, 0.29) is 0 Å². The van der Waals surface area contributed by atoms with Crippen molar-refractivity contribution in [3.8, 4) is 0 Å². The topological polar surface area (TPSA) is 43.9 Å². The lowest BCUT2D eigenvalue weighted by molar-refractivity contribution is 0.590. The third-order valence-electron chi connectivity index (χ3n) is 2.51. The summed E-state index contributed by atoms with van der Waals surface area (Å²) in [6, 6.07) is 5.37. The normalized spacial score (nSPS) is 11.7. The Kier molecular flexibility index (Phi) is 2.64. The summed E-state index contributed by atoms with van der Waals surface area (Å²) in [5.41, 5.74) is 2.48. The third kappa shape index (κ3) is 2.15. The van der Waals surface area contributed by atoms with Gasteiger partial charge in [-0.2, -0.15) is 5.10 Å². The van der Waals surface area contributed by atoms with Crippen LogP contribution >= 0.6 is 11.6 Å². The van der Waals surface area contributed by atoms with Crippen LogP contribution in [0.25, 0.3) is 23.3 Å². The van der Waals surface area contributed by atoms with E-state index in [1.54, 1.807) is 23.0 Å². The van der Waals surface area contributed by atoms with Crippen molar-refractivity contribution in [3.05, 3.63) is 47.1 Å². The molecule has 0 N–H and O–H groups in total. The first-order valence-electron chi connectivity index (χ1n) is 5.43. The van der Waals surface area contributed by atoms with Crippen molar-refractivity contribution in [2.75, 3.05) is 0 Å². The highest BCUT2D eigenvalue weighted by Gasteiger charge is 2.03. The van der Waals surface area contributed by atoms with Gasteiger partial charge in [-0.1, -0.05) is 11.6 Å². The zero-order chi connectivity index (χ0) is 12.5. The second kappa shape index (κ2) is 4.31. The molecule has 0 radical (unpaired) electrons. The first kappa shape index (κ1) is 11.0. The fourth-order valence-electron chi connectivity index (χ4n) is 1.68. The number of oxazole rings is 1. The molecule has 0 atom stereocenters. The van der Waals surface area contributed by atoms with Crippen LogP contribution in [0.15, 0.2) is 35.0 Å². The minimum absolute atomic E-state index is 0.552. The average Bonchev–Trinajstić information content (AvgIpc) is 2.92. The Hall–Kier alpha value is -2.07. The van der Waals surface area contributed by atoms with Crippen molar-refractivity contribution >= 4 is 34.9 Å². The molecule has 0 fully saturated rings. The zero-order valence-corrected chi connectivity index (χ0v) is 10.4. The van der Waals surface area contributed by atoms with Gasteiger partial charge in [0.15, 0.2) is 5.58 Å². The van der Waals surface area contributed by atoms with E-state index < -0.39 is 0 Å². The second-order valence-electron chi connectivity index (χ2n) is 3.94. The van der Waals surface area contributed by atoms with E-state index in [1.807, 2.05) is 31.5 Å². The Morgan fingerprint density at radius 2 is 2.22 bits per heavy atom. The predicted octanol–water partition coefficient (Wildman–Crippen LogP) is 3.39. The molecule has 0 amide bonds. The highest BCUT2D eigenvalue weighted by Crippen LogP contribution is 2.20. The molecule has 90 valence electrons. The van der Waals surface area contributed by atoms with Gasteiger partial charge in [-0.15, -0.1) is 0 Å². The third-order valence-corrected chi connectivity index (χ3v) is 2.74. The average molecular weight is 260 g/mol. The number of fused-ring (bicyclic) bond motifs is 1. The van der Waals surface area contributed by atoms with Crippen LogP contribution in [0.3, 0.4) is 0 Å². The van der Waals surface area contributed by atoms with Crippen molar-refractivity contribution in [1.29, 1.82) is 0 Å². The van der Waals surface area contributed by atoms with Gasteiger partial charge in [0.2, 0.25) is 5.89 Å². The standard InChI is InChI=1S/C13H10ClN3O/c1-17-8-9(7-15-17)2-5-13-16-11-6-10(14)3-4-12(11)18-13/h2-8H,1H3/b5-2+. The molecule has 0 saturated heterocycles. The van der Waals surface area contributed by atoms with E-state index >= 15 is 0 Å². The quantitative estimate of drug-likeness (QED) is 0.709. The number of hydrogen-bond donors (Lipinski definition) is 0. The van der Waals surface area contributed by atoms with Crippen LogP contribution in [0.1, 0.15) is 11.5 Å². The summed E-state index contributed by atoms with van der Waals surface area (Å²) in [6.07, 6.45) is 7.40. The SMILES string of the molecule is Cn1cc(/C=C/c2nc3cc(Cl)ccc3o2)cn1. The molecule has 3 aromatic rings. The largest absolute Gasteiger partial charge is 0.437 e. The first-order chi connectivity index (χ1) is 8.70. The summed E-state index contributed by atoms with van der Waals surface area (Å²) in [5.74, 6) is 0.552. The molecule has 0 saturated carbocycles. The van der Waals surface area contributed by atoms with Gasteiger partial charge in [0, 0.05) is 29.9 Å². The van der Waals surface area contributed by atoms with E-state index in [9.17, 15) is 0 Å². The molecule has 2 heterocycles. The molecule has 3 rings (SSSR count). The lowest BCUT2D eigenvalue weighted by Crippen LogP contribution is -1.83. The summed E-state index contributed by atoms with van der Waals surface area (Å²) < 4.78 is 7.31. The fraction of sp³-hybridized carbons (Fsp3) is 0.0769. The maximum atomic E-state index is 5.89. The van der Waals surface area contributed by atoms with Crippen LogP contribution in [0.4, 0.5) is 0 Å². The van der Waals surface area contributed by atoms with Gasteiger partial charge < -0.3 is 4.42 Å². The molecule has 5 heteroatoms. The molecular weight excluding hydrogens is 250 g/mol. The molecular formula is C13H10ClN3O. The number of hydrogen-bond acceptors (Lipinski definition) is 3. The Morgan fingerprint density at radius 1 is 1.33 bits per heavy atom. The Labute approximate surface area is 108 Å². The van der Waals surface area contributed by atoms with Crippen LogP contribution in [0, 0.1) is 0 Å². The predicted molar refractivity (Wildman–Crippen MR) is 71.2 cm³/mol. The molecule has 0 aliphatic rings. The molecule has 0 bridgehead atoms. The van der Waals surface area contributed by atoms with Crippen molar-refractivity contribution in [1.82, 2.24) is 14.8 Å². The number of aromatic nitrogens is 3. The van der Waals surface area contributed by atoms with Gasteiger partial charge in [-0.25, -0.2) is 4.98 Å². The molecule has 0 unspecified atom stereocenters. The lowest BCUT2D eigenvalue weighted by Gasteiger charge is -1.85. The number of rotatable bonds is 2. The maximum absolute atomic E-state index is 5.89. The molecule has 0 aliphatic heterocycles. The van der Waals surface area contributed by atoms with Crippen molar-refractivity contribution in [2.45, 2.75) is 0 Å². The van der Waals surface area contributed by atoms with Gasteiger partial charge in [0.25, 0.3) is 0 Å². The van der Waals surface area contributed by atoms with Crippen LogP contribution < -0.4 is 0 Å². The van der Waals surface area contributed by atoms with E-state index in [0.717, 1.165) is 16.7 Å². The van der Waals surface area contributed by atoms with Crippen LogP contribution in [-0.2, 0) is 7.05 Å². The monoisotopic (exact) mass is 259 g/mol. The fourth-order valence-corrected chi connectivity index (χ4v) is 1.85. The minimum atomic E-state index is 0.552. The van der Waals surface area contributed by atoms with Gasteiger partial charge in [-0.05, 0) is 24.3 Å². The summed E-state index contributed by atoms with van der Waals surface area (Å²) in [7, 11) is 1.87. The minimum Gasteiger partial charge on any atom is -0.437 e. The van der Waals surface area contributed by atoms with Crippen LogP contribution in [0.2, 0.25) is 5.02 Å². The van der Waals surface area contributed by atoms with Crippen molar-refractivity contribution in [2.24, 2.45) is 7.05 Å². The summed E-state index contributed by atoms with van der Waals surface area (Å²) >= 11 is 5.89. The van der Waals surface area contributed by atoms with Gasteiger partial charge in [-0.3, -0.25) is 4.68 Å². The first-order valence-corrected chi connectivity index (χ1v) is 5.81. The summed E-state index contributed by atoms with van der Waals surface area (Å²) in [6.45, 7) is 0. The van der Waals surface area contributed by atoms with Crippen molar-refractivity contribution < 1.29 is 4.42 Å². The maximum Gasteiger partial charge on any atom is 0.220 e. The molecule has 0 spiro atoms.